The minimum atomic E-state index is -0.791. The third-order valence-corrected chi connectivity index (χ3v) is 10.0. The van der Waals surface area contributed by atoms with Gasteiger partial charge in [0.25, 0.3) is 0 Å². The predicted molar refractivity (Wildman–Crippen MR) is 242 cm³/mol. The van der Waals surface area contributed by atoms with Crippen molar-refractivity contribution in [3.63, 3.8) is 0 Å². The number of unbranched alkanes of at least 4 members (excludes halogenated alkanes) is 21. The van der Waals surface area contributed by atoms with E-state index < -0.39 is 6.10 Å². The average Bonchev–Trinajstić information content (AvgIpc) is 3.21. The van der Waals surface area contributed by atoms with Gasteiger partial charge in [-0.1, -0.05) is 184 Å². The largest absolute Gasteiger partial charge is 0.462 e. The van der Waals surface area contributed by atoms with Crippen LogP contribution < -0.4 is 0 Å². The van der Waals surface area contributed by atoms with Gasteiger partial charge in [-0.2, -0.15) is 0 Å². The Kier molecular flexibility index (Phi) is 43.5. The van der Waals surface area contributed by atoms with Gasteiger partial charge in [0.05, 0.1) is 0 Å². The fraction of sp³-hybridized carbons (Fsp3) is 0.745. The van der Waals surface area contributed by atoms with E-state index >= 15 is 0 Å². The highest BCUT2D eigenvalue weighted by atomic mass is 16.6. The Bertz CT molecular complexity index is 1050. The first-order chi connectivity index (χ1) is 28.0. The second-order valence-electron chi connectivity index (χ2n) is 15.6. The number of carbonyl (C=O) groups excluding carboxylic acids is 3. The summed E-state index contributed by atoms with van der Waals surface area (Å²) in [5.74, 6) is -0.951. The summed E-state index contributed by atoms with van der Waals surface area (Å²) in [5.41, 5.74) is 0. The lowest BCUT2D eigenvalue weighted by atomic mass is 10.1. The molecule has 0 aromatic heterocycles. The van der Waals surface area contributed by atoms with Gasteiger partial charge in [0.2, 0.25) is 0 Å². The van der Waals surface area contributed by atoms with Gasteiger partial charge in [0.1, 0.15) is 13.2 Å². The smallest absolute Gasteiger partial charge is 0.306 e. The van der Waals surface area contributed by atoms with Crippen LogP contribution in [0.4, 0.5) is 0 Å². The van der Waals surface area contributed by atoms with E-state index in [1.165, 1.54) is 96.3 Å². The minimum Gasteiger partial charge on any atom is -0.462 e. The van der Waals surface area contributed by atoms with Gasteiger partial charge < -0.3 is 14.2 Å². The molecule has 0 N–H and O–H groups in total. The van der Waals surface area contributed by atoms with Crippen LogP contribution in [0.5, 0.6) is 0 Å². The molecule has 0 fully saturated rings. The summed E-state index contributed by atoms with van der Waals surface area (Å²) in [6.45, 7) is 6.39. The van der Waals surface area contributed by atoms with Gasteiger partial charge in [-0.15, -0.1) is 0 Å². The van der Waals surface area contributed by atoms with Crippen molar-refractivity contribution < 1.29 is 28.6 Å². The number of hydrogen-bond acceptors (Lipinski definition) is 6. The fourth-order valence-corrected chi connectivity index (χ4v) is 6.43. The van der Waals surface area contributed by atoms with Crippen LogP contribution in [0.2, 0.25) is 0 Å². The minimum absolute atomic E-state index is 0.0920. The van der Waals surface area contributed by atoms with E-state index in [4.69, 9.17) is 14.2 Å². The SMILES string of the molecule is CC/C=C\C/C=C\C/C=C\C/C=C\CCCCC(=O)OC(COC(=O)CCCCCCC)COC(=O)CCCCCCCCCCC/C=C\CCCCCCCC. The summed E-state index contributed by atoms with van der Waals surface area (Å²) in [6, 6.07) is 0. The molecule has 1 unspecified atom stereocenters. The normalized spacial score (nSPS) is 12.5. The van der Waals surface area contributed by atoms with Crippen molar-refractivity contribution >= 4 is 17.9 Å². The molecule has 0 amide bonds. The van der Waals surface area contributed by atoms with Crippen molar-refractivity contribution in [2.75, 3.05) is 13.2 Å². The molecule has 6 nitrogen and oxygen atoms in total. The van der Waals surface area contributed by atoms with E-state index in [9.17, 15) is 14.4 Å². The Balaban J connectivity index is 4.24. The molecule has 0 rings (SSSR count). The molecule has 0 spiro atoms. The molecule has 328 valence electrons. The third kappa shape index (κ3) is 44.1. The monoisotopic (exact) mass is 797 g/mol. The van der Waals surface area contributed by atoms with E-state index in [0.29, 0.717) is 19.3 Å². The van der Waals surface area contributed by atoms with Crippen LogP contribution in [0, 0.1) is 0 Å². The standard InChI is InChI=1S/C51H88O6/c1-4-7-10-13-15-17-19-21-23-24-25-26-28-29-31-33-35-38-41-44-50(53)56-47-48(46-55-49(52)43-40-37-12-9-6-3)57-51(54)45-42-39-36-34-32-30-27-22-20-18-16-14-11-8-5-2/h8,11,16,18,21-23,27,32,34,48H,4-7,9-10,12-15,17,19-20,24-26,28-31,33,35-47H2,1-3H3/b11-8-,18-16-,23-21-,27-22-,34-32-. The van der Waals surface area contributed by atoms with Gasteiger partial charge in [-0.3, -0.25) is 14.4 Å². The van der Waals surface area contributed by atoms with Crippen LogP contribution in [0.25, 0.3) is 0 Å². The predicted octanol–water partition coefficient (Wildman–Crippen LogP) is 15.3. The molecule has 0 heterocycles. The Labute approximate surface area is 351 Å². The number of allylic oxidation sites excluding steroid dienone is 10. The summed E-state index contributed by atoms with van der Waals surface area (Å²) in [7, 11) is 0. The zero-order chi connectivity index (χ0) is 41.5. The summed E-state index contributed by atoms with van der Waals surface area (Å²) in [4.78, 5) is 37.5. The van der Waals surface area contributed by atoms with Gasteiger partial charge in [-0.25, -0.2) is 0 Å². The second kappa shape index (κ2) is 45.8. The van der Waals surface area contributed by atoms with Crippen LogP contribution in [-0.4, -0.2) is 37.2 Å². The number of hydrogen-bond donors (Lipinski definition) is 0. The van der Waals surface area contributed by atoms with Crippen molar-refractivity contribution in [1.29, 1.82) is 0 Å². The highest BCUT2D eigenvalue weighted by Gasteiger charge is 2.19. The van der Waals surface area contributed by atoms with Crippen LogP contribution in [0.15, 0.2) is 60.8 Å². The summed E-state index contributed by atoms with van der Waals surface area (Å²) < 4.78 is 16.6. The summed E-state index contributed by atoms with van der Waals surface area (Å²) in [5, 5.41) is 0. The van der Waals surface area contributed by atoms with Crippen molar-refractivity contribution in [3.05, 3.63) is 60.8 Å². The zero-order valence-corrected chi connectivity index (χ0v) is 37.3. The fourth-order valence-electron chi connectivity index (χ4n) is 6.43. The van der Waals surface area contributed by atoms with E-state index in [1.807, 2.05) is 0 Å². The lowest BCUT2D eigenvalue weighted by Crippen LogP contribution is -2.30. The maximum absolute atomic E-state index is 12.7. The highest BCUT2D eigenvalue weighted by Crippen LogP contribution is 2.14. The zero-order valence-electron chi connectivity index (χ0n) is 37.3. The van der Waals surface area contributed by atoms with Gasteiger partial charge in [-0.05, 0) is 83.5 Å². The quantitative estimate of drug-likeness (QED) is 0.0265. The first-order valence-electron chi connectivity index (χ1n) is 23.8. The molecule has 0 aromatic rings. The summed E-state index contributed by atoms with van der Waals surface area (Å²) in [6.07, 6.45) is 55.3. The molecule has 6 heteroatoms. The molecular weight excluding hydrogens is 709 g/mol. The van der Waals surface area contributed by atoms with E-state index in [2.05, 4.69) is 81.5 Å². The molecule has 0 aliphatic heterocycles. The Hall–Kier alpha value is -2.89. The number of esters is 3. The van der Waals surface area contributed by atoms with Crippen LogP contribution >= 0.6 is 0 Å². The first kappa shape index (κ1) is 54.1. The maximum Gasteiger partial charge on any atom is 0.306 e. The lowest BCUT2D eigenvalue weighted by Gasteiger charge is -2.18. The molecule has 0 saturated carbocycles. The molecule has 0 aromatic carbocycles. The van der Waals surface area contributed by atoms with Gasteiger partial charge in [0.15, 0.2) is 6.10 Å². The molecule has 0 radical (unpaired) electrons. The van der Waals surface area contributed by atoms with Crippen LogP contribution in [0.3, 0.4) is 0 Å². The third-order valence-electron chi connectivity index (χ3n) is 10.0. The van der Waals surface area contributed by atoms with Crippen molar-refractivity contribution in [1.82, 2.24) is 0 Å². The van der Waals surface area contributed by atoms with E-state index in [1.54, 1.807) is 0 Å². The van der Waals surface area contributed by atoms with Crippen molar-refractivity contribution in [2.24, 2.45) is 0 Å². The van der Waals surface area contributed by atoms with Crippen LogP contribution in [-0.2, 0) is 28.6 Å². The van der Waals surface area contributed by atoms with Gasteiger partial charge >= 0.3 is 17.9 Å². The first-order valence-corrected chi connectivity index (χ1v) is 23.8. The van der Waals surface area contributed by atoms with E-state index in [0.717, 1.165) is 83.5 Å². The molecule has 0 aliphatic rings. The topological polar surface area (TPSA) is 78.9 Å². The maximum atomic E-state index is 12.7. The van der Waals surface area contributed by atoms with Crippen LogP contribution in [0.1, 0.15) is 226 Å². The molecule has 57 heavy (non-hydrogen) atoms. The molecule has 0 saturated heterocycles. The average molecular weight is 797 g/mol. The Morgan fingerprint density at radius 2 is 0.684 bits per heavy atom. The Morgan fingerprint density at radius 3 is 1.12 bits per heavy atom. The number of ether oxygens (including phenoxy) is 3. The number of rotatable bonds is 42. The highest BCUT2D eigenvalue weighted by molar-refractivity contribution is 5.71. The van der Waals surface area contributed by atoms with Crippen molar-refractivity contribution in [3.8, 4) is 0 Å². The molecule has 0 aliphatic carbocycles. The van der Waals surface area contributed by atoms with Crippen molar-refractivity contribution in [2.45, 2.75) is 232 Å². The molecule has 0 bridgehead atoms. The Morgan fingerprint density at radius 1 is 0.368 bits per heavy atom. The van der Waals surface area contributed by atoms with Gasteiger partial charge in [0, 0.05) is 19.3 Å². The second-order valence-corrected chi connectivity index (χ2v) is 15.6. The molecular formula is C51H88O6. The molecule has 1 atom stereocenters. The van der Waals surface area contributed by atoms with E-state index in [-0.39, 0.29) is 37.5 Å². The summed E-state index contributed by atoms with van der Waals surface area (Å²) >= 11 is 0. The number of carbonyl (C=O) groups is 3. The lowest BCUT2D eigenvalue weighted by molar-refractivity contribution is -0.167.